The molecule has 0 unspecified atom stereocenters. The lowest BCUT2D eigenvalue weighted by molar-refractivity contribution is 0.136. The summed E-state index contributed by atoms with van der Waals surface area (Å²) in [5.41, 5.74) is 0.431. The second-order valence-corrected chi connectivity index (χ2v) is 5.94. The van der Waals surface area contributed by atoms with Crippen molar-refractivity contribution in [2.75, 3.05) is 26.7 Å². The van der Waals surface area contributed by atoms with Gasteiger partial charge in [-0.05, 0) is 45.3 Å². The second-order valence-electron chi connectivity index (χ2n) is 5.94. The van der Waals surface area contributed by atoms with Gasteiger partial charge in [0, 0.05) is 13.6 Å². The SMILES string of the molecule is Cc1nnc(CNCC2(C)CCN(C)CC2)n1C. The van der Waals surface area contributed by atoms with Gasteiger partial charge in [-0.1, -0.05) is 6.92 Å². The summed E-state index contributed by atoms with van der Waals surface area (Å²) in [6.45, 7) is 8.65. The molecule has 2 heterocycles. The third kappa shape index (κ3) is 3.09. The summed E-state index contributed by atoms with van der Waals surface area (Å²) in [6.07, 6.45) is 2.54. The van der Waals surface area contributed by atoms with E-state index in [1.165, 1.54) is 25.9 Å². The summed E-state index contributed by atoms with van der Waals surface area (Å²) >= 11 is 0. The van der Waals surface area contributed by atoms with Crippen molar-refractivity contribution in [3.05, 3.63) is 11.6 Å². The monoisotopic (exact) mass is 251 g/mol. The molecule has 5 nitrogen and oxygen atoms in total. The summed E-state index contributed by atoms with van der Waals surface area (Å²) in [5.74, 6) is 1.99. The van der Waals surface area contributed by atoms with Gasteiger partial charge in [0.1, 0.15) is 11.6 Å². The van der Waals surface area contributed by atoms with Crippen LogP contribution in [0.1, 0.15) is 31.4 Å². The Balaban J connectivity index is 1.80. The van der Waals surface area contributed by atoms with Crippen LogP contribution in [0, 0.1) is 12.3 Å². The molecule has 0 spiro atoms. The normalized spacial score (nSPS) is 20.2. The summed E-state index contributed by atoms with van der Waals surface area (Å²) in [5, 5.41) is 11.8. The molecule has 0 bridgehead atoms. The lowest BCUT2D eigenvalue weighted by Crippen LogP contribution is -2.42. The van der Waals surface area contributed by atoms with Crippen molar-refractivity contribution in [3.8, 4) is 0 Å². The molecule has 1 aromatic heterocycles. The van der Waals surface area contributed by atoms with Crippen molar-refractivity contribution in [1.82, 2.24) is 25.0 Å². The predicted molar refractivity (Wildman–Crippen MR) is 72.3 cm³/mol. The molecule has 2 rings (SSSR count). The van der Waals surface area contributed by atoms with Crippen LogP contribution >= 0.6 is 0 Å². The first-order valence-corrected chi connectivity index (χ1v) is 6.74. The van der Waals surface area contributed by atoms with E-state index in [9.17, 15) is 0 Å². The van der Waals surface area contributed by atoms with Gasteiger partial charge in [-0.25, -0.2) is 0 Å². The minimum atomic E-state index is 0.431. The van der Waals surface area contributed by atoms with E-state index in [1.807, 2.05) is 18.5 Å². The highest BCUT2D eigenvalue weighted by Crippen LogP contribution is 2.29. The van der Waals surface area contributed by atoms with Crippen LogP contribution in [-0.2, 0) is 13.6 Å². The molecule has 0 radical (unpaired) electrons. The molecule has 1 saturated heterocycles. The highest BCUT2D eigenvalue weighted by molar-refractivity contribution is 4.92. The zero-order chi connectivity index (χ0) is 13.2. The quantitative estimate of drug-likeness (QED) is 0.865. The Morgan fingerprint density at radius 2 is 1.89 bits per heavy atom. The zero-order valence-corrected chi connectivity index (χ0v) is 12.0. The van der Waals surface area contributed by atoms with Crippen LogP contribution in [0.25, 0.3) is 0 Å². The van der Waals surface area contributed by atoms with Crippen molar-refractivity contribution in [3.63, 3.8) is 0 Å². The Labute approximate surface area is 110 Å². The fraction of sp³-hybridized carbons (Fsp3) is 0.846. The van der Waals surface area contributed by atoms with E-state index in [0.29, 0.717) is 5.41 Å². The predicted octanol–water partition coefficient (Wildman–Crippen LogP) is 0.945. The number of nitrogens with one attached hydrogen (secondary N) is 1. The highest BCUT2D eigenvalue weighted by Gasteiger charge is 2.28. The molecule has 102 valence electrons. The van der Waals surface area contributed by atoms with Crippen molar-refractivity contribution in [2.24, 2.45) is 12.5 Å². The van der Waals surface area contributed by atoms with Crippen LogP contribution in [0.5, 0.6) is 0 Å². The number of nitrogens with zero attached hydrogens (tertiary/aromatic N) is 4. The van der Waals surface area contributed by atoms with Crippen molar-refractivity contribution < 1.29 is 0 Å². The average molecular weight is 251 g/mol. The maximum atomic E-state index is 4.17. The molecular weight excluding hydrogens is 226 g/mol. The molecule has 0 aliphatic carbocycles. The minimum absolute atomic E-state index is 0.431. The van der Waals surface area contributed by atoms with Crippen LogP contribution in [0.2, 0.25) is 0 Å². The van der Waals surface area contributed by atoms with E-state index in [2.05, 4.69) is 34.4 Å². The van der Waals surface area contributed by atoms with Gasteiger partial charge in [-0.2, -0.15) is 0 Å². The van der Waals surface area contributed by atoms with Gasteiger partial charge in [0.05, 0.1) is 6.54 Å². The van der Waals surface area contributed by atoms with Gasteiger partial charge in [-0.15, -0.1) is 10.2 Å². The van der Waals surface area contributed by atoms with Gasteiger partial charge < -0.3 is 14.8 Å². The van der Waals surface area contributed by atoms with Crippen LogP contribution in [0.15, 0.2) is 0 Å². The number of hydrogen-bond acceptors (Lipinski definition) is 4. The first kappa shape index (κ1) is 13.5. The largest absolute Gasteiger partial charge is 0.317 e. The Morgan fingerprint density at radius 1 is 1.22 bits per heavy atom. The second kappa shape index (κ2) is 5.36. The summed E-state index contributed by atoms with van der Waals surface area (Å²) in [4.78, 5) is 2.41. The smallest absolute Gasteiger partial charge is 0.146 e. The summed E-state index contributed by atoms with van der Waals surface area (Å²) in [6, 6.07) is 0. The lowest BCUT2D eigenvalue weighted by Gasteiger charge is -2.38. The van der Waals surface area contributed by atoms with Crippen LogP contribution in [-0.4, -0.2) is 46.3 Å². The first-order valence-electron chi connectivity index (χ1n) is 6.74. The third-order valence-electron chi connectivity index (χ3n) is 4.21. The van der Waals surface area contributed by atoms with E-state index in [1.54, 1.807) is 0 Å². The fourth-order valence-corrected chi connectivity index (χ4v) is 2.42. The Bertz CT molecular complexity index is 390. The van der Waals surface area contributed by atoms with Gasteiger partial charge in [0.2, 0.25) is 0 Å². The van der Waals surface area contributed by atoms with Gasteiger partial charge in [0.15, 0.2) is 0 Å². The molecule has 18 heavy (non-hydrogen) atoms. The van der Waals surface area contributed by atoms with Gasteiger partial charge in [-0.3, -0.25) is 0 Å². The maximum Gasteiger partial charge on any atom is 0.146 e. The molecule has 0 atom stereocenters. The lowest BCUT2D eigenvalue weighted by atomic mass is 9.80. The molecule has 1 N–H and O–H groups in total. The highest BCUT2D eigenvalue weighted by atomic mass is 15.3. The van der Waals surface area contributed by atoms with E-state index in [-0.39, 0.29) is 0 Å². The molecule has 1 aliphatic rings. The Kier molecular flexibility index (Phi) is 4.02. The summed E-state index contributed by atoms with van der Waals surface area (Å²) in [7, 11) is 4.22. The van der Waals surface area contributed by atoms with Crippen LogP contribution in [0.4, 0.5) is 0 Å². The van der Waals surface area contributed by atoms with Crippen molar-refractivity contribution in [2.45, 2.75) is 33.2 Å². The third-order valence-corrected chi connectivity index (χ3v) is 4.21. The van der Waals surface area contributed by atoms with Crippen LogP contribution in [0.3, 0.4) is 0 Å². The van der Waals surface area contributed by atoms with Crippen molar-refractivity contribution in [1.29, 1.82) is 0 Å². The zero-order valence-electron chi connectivity index (χ0n) is 12.0. The number of likely N-dealkylation sites (tertiary alicyclic amines) is 1. The fourth-order valence-electron chi connectivity index (χ4n) is 2.42. The molecular formula is C13H25N5. The van der Waals surface area contributed by atoms with Crippen LogP contribution < -0.4 is 5.32 Å². The standard InChI is InChI=1S/C13H25N5/c1-11-15-16-12(18(11)4)9-14-10-13(2)5-7-17(3)8-6-13/h14H,5-10H2,1-4H3. The maximum absolute atomic E-state index is 4.17. The Morgan fingerprint density at radius 3 is 2.44 bits per heavy atom. The van der Waals surface area contributed by atoms with Crippen molar-refractivity contribution >= 4 is 0 Å². The first-order chi connectivity index (χ1) is 8.50. The molecule has 1 fully saturated rings. The molecule has 0 aromatic carbocycles. The number of piperidine rings is 1. The number of hydrogen-bond donors (Lipinski definition) is 1. The van der Waals surface area contributed by atoms with E-state index in [0.717, 1.165) is 24.7 Å². The Hall–Kier alpha value is -0.940. The van der Waals surface area contributed by atoms with E-state index >= 15 is 0 Å². The van der Waals surface area contributed by atoms with Gasteiger partial charge in [0.25, 0.3) is 0 Å². The molecule has 0 saturated carbocycles. The summed E-state index contributed by atoms with van der Waals surface area (Å²) < 4.78 is 2.05. The molecule has 5 heteroatoms. The van der Waals surface area contributed by atoms with Gasteiger partial charge >= 0.3 is 0 Å². The van der Waals surface area contributed by atoms with E-state index in [4.69, 9.17) is 0 Å². The number of aromatic nitrogens is 3. The number of rotatable bonds is 4. The molecule has 0 amide bonds. The van der Waals surface area contributed by atoms with E-state index < -0.39 is 0 Å². The number of aryl methyl sites for hydroxylation is 1. The molecule has 1 aliphatic heterocycles. The topological polar surface area (TPSA) is 46.0 Å². The molecule has 1 aromatic rings. The minimum Gasteiger partial charge on any atom is -0.317 e. The average Bonchev–Trinajstić information content (AvgIpc) is 2.65.